The van der Waals surface area contributed by atoms with Gasteiger partial charge in [0.15, 0.2) is 12.1 Å². The zero-order valence-corrected chi connectivity index (χ0v) is 16.6. The number of benzene rings is 1. The fourth-order valence-electron chi connectivity index (χ4n) is 3.87. The van der Waals surface area contributed by atoms with Crippen LogP contribution in [0.4, 0.5) is 16.2 Å². The zero-order chi connectivity index (χ0) is 20.2. The first-order chi connectivity index (χ1) is 14.0. The molecule has 152 valence electrons. The number of aromatic nitrogens is 4. The molecule has 4 heterocycles. The van der Waals surface area contributed by atoms with Crippen LogP contribution >= 0.6 is 0 Å². The summed E-state index contributed by atoms with van der Waals surface area (Å²) in [6, 6.07) is 5.82. The third-order valence-corrected chi connectivity index (χ3v) is 5.45. The van der Waals surface area contributed by atoms with Gasteiger partial charge in [0.2, 0.25) is 5.95 Å². The van der Waals surface area contributed by atoms with E-state index >= 15 is 0 Å². The molecule has 8 nitrogen and oxygen atoms in total. The number of hydrogen-bond donors (Lipinski definition) is 2. The van der Waals surface area contributed by atoms with Gasteiger partial charge in [-0.3, -0.25) is 0 Å². The molecule has 1 fully saturated rings. The van der Waals surface area contributed by atoms with Gasteiger partial charge in [-0.25, -0.2) is 19.3 Å². The Balaban J connectivity index is 1.66. The highest BCUT2D eigenvalue weighted by Crippen LogP contribution is 2.40. The summed E-state index contributed by atoms with van der Waals surface area (Å²) < 4.78 is 25.9. The Kier molecular flexibility index (Phi) is 4.18. The standard InChI is InChI=1S/C20H23FN6O2/c1-20(2)16-12(9-29-20)18(27-6-7-28-10-15(27)21)26-17(25-16)11-4-5-13-14(8-11)24-19(22-3)23-13/h4-5,8,15H,6-7,9-10H2,1-3H3,(H2,22,23,24)/t15-/m1/s1. The van der Waals surface area contributed by atoms with Gasteiger partial charge in [-0.15, -0.1) is 0 Å². The van der Waals surface area contributed by atoms with Gasteiger partial charge in [0.1, 0.15) is 11.4 Å². The summed E-state index contributed by atoms with van der Waals surface area (Å²) in [5, 5.41) is 3.00. The van der Waals surface area contributed by atoms with Gasteiger partial charge in [-0.05, 0) is 32.0 Å². The zero-order valence-electron chi connectivity index (χ0n) is 16.6. The highest BCUT2D eigenvalue weighted by Gasteiger charge is 2.38. The number of morpholine rings is 1. The molecule has 1 saturated heterocycles. The molecule has 9 heteroatoms. The Bertz CT molecular complexity index is 1080. The highest BCUT2D eigenvalue weighted by molar-refractivity contribution is 5.82. The largest absolute Gasteiger partial charge is 0.375 e. The number of imidazole rings is 1. The second-order valence-electron chi connectivity index (χ2n) is 7.77. The van der Waals surface area contributed by atoms with Crippen molar-refractivity contribution in [2.24, 2.45) is 0 Å². The number of rotatable bonds is 3. The van der Waals surface area contributed by atoms with Crippen LogP contribution in [0.25, 0.3) is 22.4 Å². The molecule has 5 rings (SSSR count). The summed E-state index contributed by atoms with van der Waals surface area (Å²) in [5.74, 6) is 1.82. The molecule has 2 aliphatic heterocycles. The van der Waals surface area contributed by atoms with Crippen molar-refractivity contribution in [1.82, 2.24) is 19.9 Å². The topological polar surface area (TPSA) is 88.2 Å². The molecular weight excluding hydrogens is 375 g/mol. The van der Waals surface area contributed by atoms with Gasteiger partial charge < -0.3 is 24.7 Å². The predicted octanol–water partition coefficient (Wildman–Crippen LogP) is 2.96. The monoisotopic (exact) mass is 398 g/mol. The van der Waals surface area contributed by atoms with Crippen molar-refractivity contribution in [1.29, 1.82) is 0 Å². The lowest BCUT2D eigenvalue weighted by atomic mass is 10.0. The minimum atomic E-state index is -1.24. The lowest BCUT2D eigenvalue weighted by molar-refractivity contribution is -0.0101. The SMILES string of the molecule is CNc1nc2ccc(-c3nc(N4CCOC[C@@H]4F)c4c(n3)C(C)(C)OC4)cc2[nH]1. The smallest absolute Gasteiger partial charge is 0.200 e. The van der Waals surface area contributed by atoms with E-state index in [0.29, 0.717) is 37.3 Å². The summed E-state index contributed by atoms with van der Waals surface area (Å²) in [6.45, 7) is 5.26. The number of H-pyrrole nitrogens is 1. The molecule has 0 radical (unpaired) electrons. The fraction of sp³-hybridized carbons (Fsp3) is 0.450. The predicted molar refractivity (Wildman–Crippen MR) is 108 cm³/mol. The van der Waals surface area contributed by atoms with Gasteiger partial charge in [0.05, 0.1) is 36.5 Å². The van der Waals surface area contributed by atoms with E-state index in [1.807, 2.05) is 39.1 Å². The molecule has 0 aliphatic carbocycles. The quantitative estimate of drug-likeness (QED) is 0.656. The van der Waals surface area contributed by atoms with E-state index < -0.39 is 11.9 Å². The van der Waals surface area contributed by atoms with E-state index in [0.717, 1.165) is 27.9 Å². The Labute approximate surface area is 167 Å². The van der Waals surface area contributed by atoms with E-state index in [-0.39, 0.29) is 6.61 Å². The summed E-state index contributed by atoms with van der Waals surface area (Å²) in [4.78, 5) is 18.9. The maximum atomic E-state index is 14.7. The van der Waals surface area contributed by atoms with E-state index in [4.69, 9.17) is 19.4 Å². The Morgan fingerprint density at radius 2 is 2.14 bits per heavy atom. The highest BCUT2D eigenvalue weighted by atomic mass is 19.1. The van der Waals surface area contributed by atoms with Crippen molar-refractivity contribution in [3.8, 4) is 11.4 Å². The number of hydrogen-bond acceptors (Lipinski definition) is 7. The van der Waals surface area contributed by atoms with Crippen molar-refractivity contribution in [3.05, 3.63) is 29.5 Å². The molecule has 1 atom stereocenters. The molecule has 0 amide bonds. The van der Waals surface area contributed by atoms with Crippen molar-refractivity contribution in [3.63, 3.8) is 0 Å². The number of halogens is 1. The summed E-state index contributed by atoms with van der Waals surface area (Å²) in [6.07, 6.45) is -1.24. The first-order valence-electron chi connectivity index (χ1n) is 9.68. The number of nitrogens with zero attached hydrogens (tertiary/aromatic N) is 4. The minimum Gasteiger partial charge on any atom is -0.375 e. The molecule has 2 aliphatic rings. The van der Waals surface area contributed by atoms with Crippen LogP contribution in [-0.4, -0.2) is 53.0 Å². The summed E-state index contributed by atoms with van der Waals surface area (Å²) in [5.41, 5.74) is 3.65. The van der Waals surface area contributed by atoms with E-state index in [2.05, 4.69) is 15.3 Å². The fourth-order valence-corrected chi connectivity index (χ4v) is 3.87. The van der Waals surface area contributed by atoms with Crippen LogP contribution in [0, 0.1) is 0 Å². The van der Waals surface area contributed by atoms with Crippen LogP contribution in [0.15, 0.2) is 18.2 Å². The van der Waals surface area contributed by atoms with Gasteiger partial charge in [-0.1, -0.05) is 0 Å². The van der Waals surface area contributed by atoms with Gasteiger partial charge in [0, 0.05) is 24.7 Å². The second-order valence-corrected chi connectivity index (χ2v) is 7.77. The van der Waals surface area contributed by atoms with Gasteiger partial charge in [-0.2, -0.15) is 0 Å². The Hall–Kier alpha value is -2.78. The van der Waals surface area contributed by atoms with Crippen molar-refractivity contribution >= 4 is 22.8 Å². The number of anilines is 2. The average molecular weight is 398 g/mol. The van der Waals surface area contributed by atoms with Crippen LogP contribution in [0.2, 0.25) is 0 Å². The molecule has 2 N–H and O–H groups in total. The lowest BCUT2D eigenvalue weighted by Crippen LogP contribution is -2.44. The molecular formula is C20H23FN6O2. The van der Waals surface area contributed by atoms with Crippen LogP contribution in [0.3, 0.4) is 0 Å². The molecule has 1 aromatic carbocycles. The third-order valence-electron chi connectivity index (χ3n) is 5.45. The van der Waals surface area contributed by atoms with Crippen LogP contribution in [-0.2, 0) is 21.7 Å². The average Bonchev–Trinajstić information content (AvgIpc) is 3.27. The molecule has 0 unspecified atom stereocenters. The number of nitrogens with one attached hydrogen (secondary N) is 2. The second kappa shape index (κ2) is 6.64. The normalized spacial score (nSPS) is 20.8. The van der Waals surface area contributed by atoms with E-state index in [9.17, 15) is 4.39 Å². The minimum absolute atomic E-state index is 0.0330. The van der Waals surface area contributed by atoms with Crippen molar-refractivity contribution < 1.29 is 13.9 Å². The first-order valence-corrected chi connectivity index (χ1v) is 9.68. The first kappa shape index (κ1) is 18.3. The molecule has 0 saturated carbocycles. The molecule has 0 bridgehead atoms. The number of fused-ring (bicyclic) bond motifs is 2. The summed E-state index contributed by atoms with van der Waals surface area (Å²) >= 11 is 0. The Morgan fingerprint density at radius 1 is 1.28 bits per heavy atom. The molecule has 0 spiro atoms. The molecule has 2 aromatic heterocycles. The Morgan fingerprint density at radius 3 is 2.93 bits per heavy atom. The maximum absolute atomic E-state index is 14.7. The van der Waals surface area contributed by atoms with E-state index in [1.54, 1.807) is 4.90 Å². The van der Waals surface area contributed by atoms with Crippen molar-refractivity contribution in [2.45, 2.75) is 32.4 Å². The van der Waals surface area contributed by atoms with Crippen LogP contribution < -0.4 is 10.2 Å². The summed E-state index contributed by atoms with van der Waals surface area (Å²) in [7, 11) is 1.81. The van der Waals surface area contributed by atoms with Crippen LogP contribution in [0.1, 0.15) is 25.1 Å². The number of aromatic amines is 1. The van der Waals surface area contributed by atoms with Crippen molar-refractivity contribution in [2.75, 3.05) is 37.0 Å². The molecule has 29 heavy (non-hydrogen) atoms. The lowest BCUT2D eigenvalue weighted by Gasteiger charge is -2.32. The number of alkyl halides is 1. The van der Waals surface area contributed by atoms with Gasteiger partial charge >= 0.3 is 0 Å². The van der Waals surface area contributed by atoms with Crippen LogP contribution in [0.5, 0.6) is 0 Å². The third kappa shape index (κ3) is 3.01. The van der Waals surface area contributed by atoms with Gasteiger partial charge in [0.25, 0.3) is 0 Å². The molecule has 3 aromatic rings. The maximum Gasteiger partial charge on any atom is 0.200 e. The number of ether oxygens (including phenoxy) is 2. The van der Waals surface area contributed by atoms with E-state index in [1.165, 1.54) is 0 Å².